The average Bonchev–Trinajstić information content (AvgIpc) is 2.86. The van der Waals surface area contributed by atoms with Gasteiger partial charge < -0.3 is 5.11 Å². The van der Waals surface area contributed by atoms with E-state index in [1.807, 2.05) is 6.20 Å². The molecule has 1 aromatic heterocycles. The number of rotatable bonds is 4. The van der Waals surface area contributed by atoms with Crippen LogP contribution in [0.25, 0.3) is 0 Å². The normalized spacial score (nSPS) is 19.3. The first-order valence-corrected chi connectivity index (χ1v) is 7.96. The molecule has 19 heavy (non-hydrogen) atoms. The van der Waals surface area contributed by atoms with Crippen LogP contribution in [0.1, 0.15) is 56.3 Å². The van der Waals surface area contributed by atoms with Crippen LogP contribution in [0.15, 0.2) is 6.20 Å². The maximum Gasteiger partial charge on any atom is 0.0981 e. The lowest BCUT2D eigenvalue weighted by molar-refractivity contribution is 0.0147. The van der Waals surface area contributed by atoms with Gasteiger partial charge in [0.25, 0.3) is 0 Å². The predicted molar refractivity (Wildman–Crippen MR) is 80.6 cm³/mol. The minimum absolute atomic E-state index is 0.130. The summed E-state index contributed by atoms with van der Waals surface area (Å²) in [7, 11) is 2.09. The van der Waals surface area contributed by atoms with E-state index < -0.39 is 5.60 Å². The Labute approximate surface area is 120 Å². The predicted octanol–water partition coefficient (Wildman–Crippen LogP) is 3.18. The van der Waals surface area contributed by atoms with E-state index in [1.165, 1.54) is 22.7 Å². The second-order valence-corrected chi connectivity index (χ2v) is 8.10. The molecule has 1 aliphatic rings. The van der Waals surface area contributed by atoms with Crippen molar-refractivity contribution in [1.82, 2.24) is 9.88 Å². The van der Waals surface area contributed by atoms with Crippen LogP contribution in [-0.2, 0) is 12.0 Å². The lowest BCUT2D eigenvalue weighted by Gasteiger charge is -2.28. The van der Waals surface area contributed by atoms with Gasteiger partial charge in [0, 0.05) is 29.6 Å². The lowest BCUT2D eigenvalue weighted by atomic mass is 9.98. The van der Waals surface area contributed by atoms with Crippen LogP contribution in [0, 0.1) is 0 Å². The highest BCUT2D eigenvalue weighted by molar-refractivity contribution is 7.11. The van der Waals surface area contributed by atoms with Crippen LogP contribution in [0.5, 0.6) is 0 Å². The van der Waals surface area contributed by atoms with Crippen molar-refractivity contribution < 1.29 is 5.11 Å². The van der Waals surface area contributed by atoms with E-state index in [4.69, 9.17) is 0 Å². The SMILES string of the molecule is CN(Cc1cnc(C(C)(C)C)s1)CC1(O)CCCC1. The van der Waals surface area contributed by atoms with Gasteiger partial charge in [-0.05, 0) is 19.9 Å². The number of likely N-dealkylation sites (N-methyl/N-ethyl adjacent to an activating group) is 1. The monoisotopic (exact) mass is 282 g/mol. The van der Waals surface area contributed by atoms with E-state index in [2.05, 4.69) is 37.7 Å². The van der Waals surface area contributed by atoms with Crippen LogP contribution in [-0.4, -0.2) is 34.2 Å². The van der Waals surface area contributed by atoms with Crippen molar-refractivity contribution in [2.75, 3.05) is 13.6 Å². The quantitative estimate of drug-likeness (QED) is 0.921. The van der Waals surface area contributed by atoms with Gasteiger partial charge in [0.05, 0.1) is 10.6 Å². The van der Waals surface area contributed by atoms with Crippen LogP contribution in [0.2, 0.25) is 0 Å². The molecule has 1 aliphatic carbocycles. The molecular formula is C15H26N2OS. The van der Waals surface area contributed by atoms with E-state index in [9.17, 15) is 5.11 Å². The summed E-state index contributed by atoms with van der Waals surface area (Å²) in [5.41, 5.74) is -0.322. The zero-order chi connectivity index (χ0) is 14.1. The summed E-state index contributed by atoms with van der Waals surface area (Å²) in [6.07, 6.45) is 6.22. The fourth-order valence-corrected chi connectivity index (χ4v) is 3.79. The van der Waals surface area contributed by atoms with Gasteiger partial charge >= 0.3 is 0 Å². The molecule has 0 unspecified atom stereocenters. The number of thiazole rings is 1. The molecule has 0 aliphatic heterocycles. The standard InChI is InChI=1S/C15H26N2OS/c1-14(2,3)13-16-9-12(19-13)10-17(4)11-15(18)7-5-6-8-15/h9,18H,5-8,10-11H2,1-4H3. The molecule has 1 saturated carbocycles. The molecule has 1 fully saturated rings. The summed E-state index contributed by atoms with van der Waals surface area (Å²) in [5.74, 6) is 0. The Morgan fingerprint density at radius 2 is 2.00 bits per heavy atom. The van der Waals surface area contributed by atoms with E-state index in [1.54, 1.807) is 11.3 Å². The lowest BCUT2D eigenvalue weighted by Crippen LogP contribution is -2.38. The molecule has 1 aromatic rings. The Kier molecular flexibility index (Phi) is 4.33. The summed E-state index contributed by atoms with van der Waals surface area (Å²) in [4.78, 5) is 8.03. The minimum atomic E-state index is -0.452. The Hall–Kier alpha value is -0.450. The molecule has 1 heterocycles. The fraction of sp³-hybridized carbons (Fsp3) is 0.800. The average molecular weight is 282 g/mol. The third-order valence-corrected chi connectivity index (χ3v) is 5.13. The third kappa shape index (κ3) is 4.01. The van der Waals surface area contributed by atoms with Crippen molar-refractivity contribution in [2.45, 2.75) is 64.0 Å². The Balaban J connectivity index is 1.92. The largest absolute Gasteiger partial charge is 0.389 e. The molecule has 0 atom stereocenters. The molecule has 0 aromatic carbocycles. The van der Waals surface area contributed by atoms with Crippen LogP contribution < -0.4 is 0 Å². The second-order valence-electron chi connectivity index (χ2n) is 6.99. The van der Waals surface area contributed by atoms with Crippen molar-refractivity contribution in [1.29, 1.82) is 0 Å². The molecule has 3 nitrogen and oxygen atoms in total. The van der Waals surface area contributed by atoms with Gasteiger partial charge in [-0.3, -0.25) is 4.90 Å². The smallest absolute Gasteiger partial charge is 0.0981 e. The van der Waals surface area contributed by atoms with E-state index in [0.29, 0.717) is 0 Å². The van der Waals surface area contributed by atoms with E-state index in [-0.39, 0.29) is 5.41 Å². The summed E-state index contributed by atoms with van der Waals surface area (Å²) >= 11 is 1.79. The highest BCUT2D eigenvalue weighted by Gasteiger charge is 2.32. The number of nitrogens with zero attached hydrogens (tertiary/aromatic N) is 2. The van der Waals surface area contributed by atoms with Crippen LogP contribution in [0.3, 0.4) is 0 Å². The number of aromatic nitrogens is 1. The molecule has 0 saturated heterocycles. The maximum atomic E-state index is 10.4. The molecule has 4 heteroatoms. The van der Waals surface area contributed by atoms with Crippen molar-refractivity contribution in [3.8, 4) is 0 Å². The number of aliphatic hydroxyl groups is 1. The van der Waals surface area contributed by atoms with Gasteiger partial charge in [-0.25, -0.2) is 4.98 Å². The van der Waals surface area contributed by atoms with Crippen molar-refractivity contribution >= 4 is 11.3 Å². The molecule has 108 valence electrons. The zero-order valence-corrected chi connectivity index (χ0v) is 13.4. The van der Waals surface area contributed by atoms with Crippen molar-refractivity contribution in [3.63, 3.8) is 0 Å². The Morgan fingerprint density at radius 3 is 2.53 bits per heavy atom. The van der Waals surface area contributed by atoms with Crippen molar-refractivity contribution in [2.24, 2.45) is 0 Å². The first-order chi connectivity index (χ1) is 8.78. The third-order valence-electron chi connectivity index (χ3n) is 3.72. The first-order valence-electron chi connectivity index (χ1n) is 7.15. The Morgan fingerprint density at radius 1 is 1.37 bits per heavy atom. The van der Waals surface area contributed by atoms with E-state index >= 15 is 0 Å². The first kappa shape index (κ1) is 14.9. The van der Waals surface area contributed by atoms with Gasteiger partial charge in [0.15, 0.2) is 0 Å². The second kappa shape index (κ2) is 5.51. The minimum Gasteiger partial charge on any atom is -0.389 e. The highest BCUT2D eigenvalue weighted by atomic mass is 32.1. The topological polar surface area (TPSA) is 36.4 Å². The number of hydrogen-bond acceptors (Lipinski definition) is 4. The van der Waals surface area contributed by atoms with Gasteiger partial charge in [0.1, 0.15) is 0 Å². The van der Waals surface area contributed by atoms with Crippen LogP contribution in [0.4, 0.5) is 0 Å². The maximum absolute atomic E-state index is 10.4. The summed E-state index contributed by atoms with van der Waals surface area (Å²) in [6, 6.07) is 0. The fourth-order valence-electron chi connectivity index (χ4n) is 2.74. The molecule has 1 N–H and O–H groups in total. The molecule has 2 rings (SSSR count). The molecule has 0 amide bonds. The zero-order valence-electron chi connectivity index (χ0n) is 12.6. The van der Waals surface area contributed by atoms with Gasteiger partial charge in [-0.1, -0.05) is 33.6 Å². The molecule has 0 spiro atoms. The molecular weight excluding hydrogens is 256 g/mol. The summed E-state index contributed by atoms with van der Waals surface area (Å²) in [6.45, 7) is 8.24. The highest BCUT2D eigenvalue weighted by Crippen LogP contribution is 2.31. The number of hydrogen-bond donors (Lipinski definition) is 1. The Bertz CT molecular complexity index is 416. The van der Waals surface area contributed by atoms with E-state index in [0.717, 1.165) is 25.9 Å². The van der Waals surface area contributed by atoms with Crippen molar-refractivity contribution in [3.05, 3.63) is 16.1 Å². The van der Waals surface area contributed by atoms with Gasteiger partial charge in [-0.15, -0.1) is 11.3 Å². The summed E-state index contributed by atoms with van der Waals surface area (Å²) < 4.78 is 0. The van der Waals surface area contributed by atoms with Gasteiger partial charge in [0.2, 0.25) is 0 Å². The van der Waals surface area contributed by atoms with Gasteiger partial charge in [-0.2, -0.15) is 0 Å². The summed E-state index contributed by atoms with van der Waals surface area (Å²) in [5, 5.41) is 11.6. The molecule has 0 radical (unpaired) electrons. The van der Waals surface area contributed by atoms with Crippen LogP contribution >= 0.6 is 11.3 Å². The molecule has 0 bridgehead atoms.